The summed E-state index contributed by atoms with van der Waals surface area (Å²) in [4.78, 5) is 11.4. The molecule has 0 aliphatic rings. The molecule has 0 heterocycles. The molecule has 8 heteroatoms. The average molecular weight is 447 g/mol. The van der Waals surface area contributed by atoms with Gasteiger partial charge < -0.3 is 14.2 Å². The van der Waals surface area contributed by atoms with E-state index < -0.39 is 17.9 Å². The van der Waals surface area contributed by atoms with Gasteiger partial charge in [-0.3, -0.25) is 0 Å². The van der Waals surface area contributed by atoms with E-state index in [1.54, 1.807) is 26.0 Å². The number of aryl methyl sites for hydroxylation is 2. The summed E-state index contributed by atoms with van der Waals surface area (Å²) < 4.78 is 55.8. The number of methoxy groups -OCH3 is 1. The van der Waals surface area contributed by atoms with Crippen LogP contribution in [0.4, 0.5) is 18.0 Å². The van der Waals surface area contributed by atoms with Gasteiger partial charge in [0.2, 0.25) is 0 Å². The molecule has 2 rings (SSSR count). The Morgan fingerprint density at radius 3 is 2.48 bits per heavy atom. The van der Waals surface area contributed by atoms with Crippen molar-refractivity contribution in [3.63, 3.8) is 0 Å². The fourth-order valence-corrected chi connectivity index (χ4v) is 2.97. The number of halogens is 4. The summed E-state index contributed by atoms with van der Waals surface area (Å²) in [6, 6.07) is 7.26. The second-order valence-electron chi connectivity index (χ2n) is 5.69. The first-order valence-electron chi connectivity index (χ1n) is 8.04. The molecule has 2 aromatic rings. The summed E-state index contributed by atoms with van der Waals surface area (Å²) >= 11 is 3.29. The van der Waals surface area contributed by atoms with Crippen molar-refractivity contribution in [1.29, 1.82) is 0 Å². The van der Waals surface area contributed by atoms with Gasteiger partial charge in [-0.2, -0.15) is 13.2 Å². The lowest BCUT2D eigenvalue weighted by atomic mass is 10.0. The molecule has 0 saturated heterocycles. The quantitative estimate of drug-likeness (QED) is 0.413. The average Bonchev–Trinajstić information content (AvgIpc) is 2.60. The Bertz CT molecular complexity index is 834. The number of benzene rings is 2. The zero-order chi connectivity index (χ0) is 20.2. The molecular formula is C19H18BrF3O4. The van der Waals surface area contributed by atoms with Crippen molar-refractivity contribution in [3.05, 3.63) is 57.1 Å². The van der Waals surface area contributed by atoms with E-state index in [0.717, 1.165) is 13.2 Å². The molecule has 2 aromatic carbocycles. The van der Waals surface area contributed by atoms with E-state index in [4.69, 9.17) is 9.47 Å². The van der Waals surface area contributed by atoms with Gasteiger partial charge in [0.1, 0.15) is 18.1 Å². The fourth-order valence-electron chi connectivity index (χ4n) is 2.50. The predicted molar refractivity (Wildman–Crippen MR) is 97.1 cm³/mol. The van der Waals surface area contributed by atoms with Gasteiger partial charge in [-0.05, 0) is 48.7 Å². The highest BCUT2D eigenvalue weighted by Gasteiger charge is 2.35. The van der Waals surface area contributed by atoms with Gasteiger partial charge in [0.15, 0.2) is 0 Å². The van der Waals surface area contributed by atoms with Crippen LogP contribution < -0.4 is 9.47 Å². The Hall–Kier alpha value is -2.22. The third kappa shape index (κ3) is 5.15. The summed E-state index contributed by atoms with van der Waals surface area (Å²) in [5, 5.41) is 0. The van der Waals surface area contributed by atoms with Crippen LogP contribution in [0.2, 0.25) is 0 Å². The third-order valence-corrected chi connectivity index (χ3v) is 4.68. The van der Waals surface area contributed by atoms with Crippen LogP contribution in [0, 0.1) is 6.92 Å². The molecule has 0 spiro atoms. The van der Waals surface area contributed by atoms with E-state index >= 15 is 0 Å². The molecule has 0 aromatic heterocycles. The van der Waals surface area contributed by atoms with E-state index in [2.05, 4.69) is 20.7 Å². The molecule has 0 aliphatic heterocycles. The number of alkyl halides is 3. The van der Waals surface area contributed by atoms with Gasteiger partial charge in [0.25, 0.3) is 0 Å². The van der Waals surface area contributed by atoms with Crippen LogP contribution in [0.15, 0.2) is 34.8 Å². The normalized spacial score (nSPS) is 11.2. The number of hydrogen-bond donors (Lipinski definition) is 0. The van der Waals surface area contributed by atoms with Crippen molar-refractivity contribution in [3.8, 4) is 11.5 Å². The maximum absolute atomic E-state index is 13.4. The lowest BCUT2D eigenvalue weighted by Gasteiger charge is -2.18. The van der Waals surface area contributed by atoms with Crippen molar-refractivity contribution >= 4 is 22.1 Å². The maximum Gasteiger partial charge on any atom is 0.513 e. The summed E-state index contributed by atoms with van der Waals surface area (Å²) in [6.45, 7) is 3.29. The summed E-state index contributed by atoms with van der Waals surface area (Å²) in [5.74, 6) is -0.149. The van der Waals surface area contributed by atoms with Crippen molar-refractivity contribution in [2.75, 3.05) is 7.11 Å². The molecule has 0 amide bonds. The van der Waals surface area contributed by atoms with Crippen molar-refractivity contribution in [2.24, 2.45) is 0 Å². The largest absolute Gasteiger partial charge is 0.513 e. The van der Waals surface area contributed by atoms with Crippen LogP contribution in [0.3, 0.4) is 0 Å². The van der Waals surface area contributed by atoms with Gasteiger partial charge in [-0.15, -0.1) is 0 Å². The zero-order valence-corrected chi connectivity index (χ0v) is 16.5. The lowest BCUT2D eigenvalue weighted by Crippen LogP contribution is -2.12. The topological polar surface area (TPSA) is 44.8 Å². The van der Waals surface area contributed by atoms with Gasteiger partial charge >= 0.3 is 12.3 Å². The fraction of sp³-hybridized carbons (Fsp3) is 0.316. The Morgan fingerprint density at radius 1 is 1.19 bits per heavy atom. The molecule has 0 aliphatic carbocycles. The minimum Gasteiger partial charge on any atom is -0.488 e. The molecule has 0 unspecified atom stereocenters. The van der Waals surface area contributed by atoms with E-state index in [1.807, 2.05) is 0 Å². The highest BCUT2D eigenvalue weighted by Crippen LogP contribution is 2.39. The summed E-state index contributed by atoms with van der Waals surface area (Å²) in [6.07, 6.45) is -5.00. The van der Waals surface area contributed by atoms with Crippen LogP contribution in [0.1, 0.15) is 29.2 Å². The maximum atomic E-state index is 13.4. The molecule has 0 N–H and O–H groups in total. The Balaban J connectivity index is 2.37. The summed E-state index contributed by atoms with van der Waals surface area (Å²) in [7, 11) is 1.16. The number of rotatable bonds is 5. The number of carbonyl (C=O) groups excluding carboxylic acids is 1. The van der Waals surface area contributed by atoms with Crippen LogP contribution >= 0.6 is 15.9 Å². The first-order chi connectivity index (χ1) is 12.7. The Kier molecular flexibility index (Phi) is 6.75. The summed E-state index contributed by atoms with van der Waals surface area (Å²) in [5.41, 5.74) is 0.852. The lowest BCUT2D eigenvalue weighted by molar-refractivity contribution is -0.139. The molecule has 0 fully saturated rings. The molecule has 0 radical (unpaired) electrons. The van der Waals surface area contributed by atoms with Crippen LogP contribution in [-0.4, -0.2) is 13.3 Å². The molecule has 146 valence electrons. The van der Waals surface area contributed by atoms with Crippen molar-refractivity contribution in [2.45, 2.75) is 33.1 Å². The Morgan fingerprint density at radius 2 is 1.89 bits per heavy atom. The van der Waals surface area contributed by atoms with E-state index in [9.17, 15) is 18.0 Å². The first kappa shape index (κ1) is 21.1. The molecule has 0 bridgehead atoms. The molecular weight excluding hydrogens is 429 g/mol. The monoisotopic (exact) mass is 446 g/mol. The van der Waals surface area contributed by atoms with E-state index in [-0.39, 0.29) is 18.1 Å². The van der Waals surface area contributed by atoms with Gasteiger partial charge in [0.05, 0.1) is 12.7 Å². The zero-order valence-electron chi connectivity index (χ0n) is 14.9. The molecule has 27 heavy (non-hydrogen) atoms. The van der Waals surface area contributed by atoms with Gasteiger partial charge in [-0.1, -0.05) is 28.9 Å². The van der Waals surface area contributed by atoms with Gasteiger partial charge in [-0.25, -0.2) is 4.79 Å². The second-order valence-corrected chi connectivity index (χ2v) is 6.54. The minimum atomic E-state index is -4.55. The van der Waals surface area contributed by atoms with Crippen LogP contribution in [-0.2, 0) is 23.9 Å². The number of carbonyl (C=O) groups is 1. The van der Waals surface area contributed by atoms with E-state index in [0.29, 0.717) is 27.6 Å². The van der Waals surface area contributed by atoms with Gasteiger partial charge in [0, 0.05) is 10.0 Å². The molecule has 4 nitrogen and oxygen atoms in total. The highest BCUT2D eigenvalue weighted by molar-refractivity contribution is 9.10. The number of ether oxygens (including phenoxy) is 3. The molecule has 0 atom stereocenters. The van der Waals surface area contributed by atoms with Crippen LogP contribution in [0.25, 0.3) is 0 Å². The third-order valence-electron chi connectivity index (χ3n) is 3.93. The van der Waals surface area contributed by atoms with E-state index in [1.165, 1.54) is 12.1 Å². The van der Waals surface area contributed by atoms with Crippen molar-refractivity contribution < 1.29 is 32.2 Å². The van der Waals surface area contributed by atoms with Crippen LogP contribution in [0.5, 0.6) is 11.5 Å². The minimum absolute atomic E-state index is 0.131. The SMILES string of the molecule is CCc1cc(C(F)(F)F)c(OCc2c(Br)cccc2OC(=O)OC)cc1C. The standard InChI is InChI=1S/C19H18BrF3O4/c1-4-12-9-14(19(21,22)23)17(8-11(12)2)26-10-13-15(20)6-5-7-16(13)27-18(24)25-3/h5-9H,4,10H2,1-3H3. The second kappa shape index (κ2) is 8.65. The Labute approximate surface area is 163 Å². The number of hydrogen-bond acceptors (Lipinski definition) is 4. The highest BCUT2D eigenvalue weighted by atomic mass is 79.9. The van der Waals surface area contributed by atoms with Crippen molar-refractivity contribution in [1.82, 2.24) is 0 Å². The predicted octanol–water partition coefficient (Wildman–Crippen LogP) is 6.06. The first-order valence-corrected chi connectivity index (χ1v) is 8.83. The molecule has 0 saturated carbocycles. The smallest absolute Gasteiger partial charge is 0.488 e.